The fraction of sp³-hybridized carbons (Fsp3) is 0.458. The number of thioether (sulfide) groups is 1. The van der Waals surface area contributed by atoms with Crippen molar-refractivity contribution in [2.45, 2.75) is 58.8 Å². The molecule has 0 bridgehead atoms. The Bertz CT molecular complexity index is 1330. The number of aromatic amines is 1. The summed E-state index contributed by atoms with van der Waals surface area (Å²) in [7, 11) is 0. The second-order valence-corrected chi connectivity index (χ2v) is 9.38. The summed E-state index contributed by atoms with van der Waals surface area (Å²) in [5.41, 5.74) is 0.0958. The lowest BCUT2D eigenvalue weighted by Gasteiger charge is -2.22. The Hall–Kier alpha value is -3.34. The molecule has 3 aromatic rings. The van der Waals surface area contributed by atoms with Gasteiger partial charge in [0.2, 0.25) is 0 Å². The summed E-state index contributed by atoms with van der Waals surface area (Å²) < 4.78 is 8.78. The minimum absolute atomic E-state index is 0.163. The van der Waals surface area contributed by atoms with Crippen LogP contribution in [0.4, 0.5) is 0 Å². The van der Waals surface area contributed by atoms with E-state index in [4.69, 9.17) is 4.74 Å². The van der Waals surface area contributed by atoms with E-state index in [1.165, 1.54) is 21.2 Å². The van der Waals surface area contributed by atoms with Gasteiger partial charge in [-0.3, -0.25) is 19.1 Å². The van der Waals surface area contributed by atoms with Crippen molar-refractivity contribution in [1.82, 2.24) is 24.0 Å². The molecule has 1 amide bonds. The third-order valence-electron chi connectivity index (χ3n) is 5.93. The van der Waals surface area contributed by atoms with E-state index in [2.05, 4.69) is 9.97 Å². The zero-order valence-corrected chi connectivity index (χ0v) is 20.7. The molecule has 4 rings (SSSR count). The van der Waals surface area contributed by atoms with Crippen molar-refractivity contribution in [3.8, 4) is 0 Å². The summed E-state index contributed by atoms with van der Waals surface area (Å²) in [6.07, 6.45) is 2.36. The zero-order chi connectivity index (χ0) is 24.9. The number of H-pyrrole nitrogens is 1. The summed E-state index contributed by atoms with van der Waals surface area (Å²) >= 11 is 1.49. The first kappa shape index (κ1) is 24.8. The van der Waals surface area contributed by atoms with Crippen LogP contribution >= 0.6 is 11.8 Å². The summed E-state index contributed by atoms with van der Waals surface area (Å²) in [5.74, 6) is 0.497. The number of fused-ring (bicyclic) bond motifs is 1. The number of ether oxygens (including phenoxy) is 1. The van der Waals surface area contributed by atoms with Crippen molar-refractivity contribution in [3.63, 3.8) is 0 Å². The van der Waals surface area contributed by atoms with Crippen LogP contribution in [-0.4, -0.2) is 53.6 Å². The number of benzene rings is 1. The van der Waals surface area contributed by atoms with Crippen molar-refractivity contribution in [3.05, 3.63) is 62.6 Å². The van der Waals surface area contributed by atoms with E-state index in [0.29, 0.717) is 47.3 Å². The lowest BCUT2D eigenvalue weighted by atomic mass is 10.2. The number of hydrogen-bond donors (Lipinski definition) is 1. The number of aryl methyl sites for hydroxylation is 2. The molecule has 11 heteroatoms. The molecule has 1 fully saturated rings. The number of unbranched alkanes of at least 4 members (excludes halogenated alkanes) is 1. The Morgan fingerprint density at radius 1 is 1.11 bits per heavy atom. The Morgan fingerprint density at radius 2 is 1.89 bits per heavy atom. The third kappa shape index (κ3) is 5.04. The number of aromatic nitrogens is 4. The summed E-state index contributed by atoms with van der Waals surface area (Å²) in [5, 5.41) is 0. The van der Waals surface area contributed by atoms with Crippen LogP contribution in [0, 0.1) is 0 Å². The van der Waals surface area contributed by atoms with E-state index in [1.54, 1.807) is 28.8 Å². The molecule has 1 N–H and O–H groups in total. The van der Waals surface area contributed by atoms with E-state index < -0.39 is 23.3 Å². The maximum Gasteiger partial charge on any atom is 0.330 e. The van der Waals surface area contributed by atoms with Crippen LogP contribution in [0.2, 0.25) is 0 Å². The third-order valence-corrected chi connectivity index (χ3v) is 6.94. The number of nitrogens with one attached hydrogen (secondary N) is 1. The summed E-state index contributed by atoms with van der Waals surface area (Å²) in [6, 6.07) is 8.12. The topological polar surface area (TPSA) is 119 Å². The Morgan fingerprint density at radius 3 is 2.60 bits per heavy atom. The van der Waals surface area contributed by atoms with Gasteiger partial charge in [0.1, 0.15) is 18.5 Å². The van der Waals surface area contributed by atoms with Gasteiger partial charge in [0, 0.05) is 24.4 Å². The van der Waals surface area contributed by atoms with E-state index in [9.17, 15) is 19.2 Å². The van der Waals surface area contributed by atoms with Crippen molar-refractivity contribution in [2.75, 3.05) is 11.6 Å². The maximum atomic E-state index is 13.0. The SMILES string of the molecule is CCCCn1c(=O)[nH]c(=O)c2c1nc(COC(=O)[C@@H]1CSCN1C(=O)c1ccccc1)n2CCC. The minimum atomic E-state index is -0.706. The molecule has 10 nitrogen and oxygen atoms in total. The van der Waals surface area contributed by atoms with Gasteiger partial charge in [-0.05, 0) is 25.0 Å². The fourth-order valence-electron chi connectivity index (χ4n) is 4.13. The molecule has 0 spiro atoms. The summed E-state index contributed by atoms with van der Waals surface area (Å²) in [6.45, 7) is 4.73. The van der Waals surface area contributed by atoms with Gasteiger partial charge >= 0.3 is 11.7 Å². The highest BCUT2D eigenvalue weighted by Crippen LogP contribution is 2.24. The number of rotatable bonds is 9. The maximum absolute atomic E-state index is 13.0. The van der Waals surface area contributed by atoms with Crippen LogP contribution in [0.5, 0.6) is 0 Å². The predicted molar refractivity (Wildman–Crippen MR) is 133 cm³/mol. The predicted octanol–water partition coefficient (Wildman–Crippen LogP) is 2.35. The molecule has 186 valence electrons. The molecule has 2 aromatic heterocycles. The molecular formula is C24H29N5O5S. The van der Waals surface area contributed by atoms with E-state index in [1.807, 2.05) is 19.9 Å². The second kappa shape index (κ2) is 10.9. The van der Waals surface area contributed by atoms with Crippen LogP contribution < -0.4 is 11.2 Å². The molecule has 0 unspecified atom stereocenters. The van der Waals surface area contributed by atoms with Crippen LogP contribution in [0.25, 0.3) is 11.2 Å². The number of imidazole rings is 1. The number of amides is 1. The van der Waals surface area contributed by atoms with Gasteiger partial charge in [-0.1, -0.05) is 38.5 Å². The number of nitrogens with zero attached hydrogens (tertiary/aromatic N) is 4. The first-order valence-corrected chi connectivity index (χ1v) is 12.9. The van der Waals surface area contributed by atoms with Crippen LogP contribution in [0.3, 0.4) is 0 Å². The molecule has 1 aliphatic heterocycles. The monoisotopic (exact) mass is 499 g/mol. The average molecular weight is 500 g/mol. The highest BCUT2D eigenvalue weighted by atomic mass is 32.2. The lowest BCUT2D eigenvalue weighted by Crippen LogP contribution is -2.42. The Balaban J connectivity index is 1.58. The zero-order valence-electron chi connectivity index (χ0n) is 19.9. The van der Waals surface area contributed by atoms with Gasteiger partial charge < -0.3 is 14.2 Å². The summed E-state index contributed by atoms with van der Waals surface area (Å²) in [4.78, 5) is 59.4. The first-order chi connectivity index (χ1) is 17.0. The molecule has 1 atom stereocenters. The highest BCUT2D eigenvalue weighted by molar-refractivity contribution is 7.99. The number of esters is 1. The molecule has 0 saturated carbocycles. The molecule has 35 heavy (non-hydrogen) atoms. The van der Waals surface area contributed by atoms with Gasteiger partial charge in [0.05, 0.1) is 5.88 Å². The Kier molecular flexibility index (Phi) is 7.74. The standard InChI is InChI=1S/C24H29N5O5S/c1-3-5-12-28-20-19(21(30)26-24(28)33)27(11-4-2)18(25-20)13-34-23(32)17-14-35-15-29(17)22(31)16-9-7-6-8-10-16/h6-10,17H,3-5,11-15H2,1-2H3,(H,26,30,33)/t17-/m0/s1. The van der Waals surface area contributed by atoms with Gasteiger partial charge in [0.25, 0.3) is 11.5 Å². The minimum Gasteiger partial charge on any atom is -0.456 e. The second-order valence-electron chi connectivity index (χ2n) is 8.38. The lowest BCUT2D eigenvalue weighted by molar-refractivity contribution is -0.149. The Labute approximate surface area is 206 Å². The molecule has 1 aromatic carbocycles. The van der Waals surface area contributed by atoms with Crippen molar-refractivity contribution >= 4 is 34.8 Å². The molecule has 0 aliphatic carbocycles. The molecular weight excluding hydrogens is 470 g/mol. The van der Waals surface area contributed by atoms with Crippen LogP contribution in [0.1, 0.15) is 49.3 Å². The molecule has 3 heterocycles. The van der Waals surface area contributed by atoms with Crippen molar-refractivity contribution < 1.29 is 14.3 Å². The average Bonchev–Trinajstić information content (AvgIpc) is 3.48. The molecule has 1 aliphatic rings. The highest BCUT2D eigenvalue weighted by Gasteiger charge is 2.36. The number of carbonyl (C=O) groups is 2. The van der Waals surface area contributed by atoms with Gasteiger partial charge in [-0.25, -0.2) is 14.6 Å². The van der Waals surface area contributed by atoms with Crippen LogP contribution in [0.15, 0.2) is 39.9 Å². The van der Waals surface area contributed by atoms with Gasteiger partial charge in [-0.2, -0.15) is 0 Å². The fourth-order valence-corrected chi connectivity index (χ4v) is 5.27. The molecule has 0 radical (unpaired) electrons. The van der Waals surface area contributed by atoms with Gasteiger partial charge in [0.15, 0.2) is 11.2 Å². The van der Waals surface area contributed by atoms with E-state index >= 15 is 0 Å². The first-order valence-electron chi connectivity index (χ1n) is 11.8. The largest absolute Gasteiger partial charge is 0.456 e. The quantitative estimate of drug-likeness (QED) is 0.449. The molecule has 1 saturated heterocycles. The van der Waals surface area contributed by atoms with Crippen LogP contribution in [-0.2, 0) is 29.2 Å². The smallest absolute Gasteiger partial charge is 0.330 e. The number of carbonyl (C=O) groups excluding carboxylic acids is 2. The van der Waals surface area contributed by atoms with E-state index in [0.717, 1.165) is 19.3 Å². The van der Waals surface area contributed by atoms with Gasteiger partial charge in [-0.15, -0.1) is 11.8 Å². The van der Waals surface area contributed by atoms with Crippen molar-refractivity contribution in [2.24, 2.45) is 0 Å². The van der Waals surface area contributed by atoms with E-state index in [-0.39, 0.29) is 12.5 Å². The normalized spacial score (nSPS) is 15.6. The number of hydrogen-bond acceptors (Lipinski definition) is 7. The van der Waals surface area contributed by atoms with Crippen molar-refractivity contribution in [1.29, 1.82) is 0 Å².